The molecule has 196 valence electrons. The lowest BCUT2D eigenvalue weighted by Crippen LogP contribution is -2.58. The summed E-state index contributed by atoms with van der Waals surface area (Å²) >= 11 is 1.43. The minimum atomic E-state index is -1.41. The third-order valence-corrected chi connectivity index (χ3v) is 5.70. The summed E-state index contributed by atoms with van der Waals surface area (Å²) < 4.78 is 0. The molecule has 0 rings (SSSR count). The van der Waals surface area contributed by atoms with E-state index in [1.807, 2.05) is 6.26 Å². The van der Waals surface area contributed by atoms with Crippen molar-refractivity contribution in [1.29, 1.82) is 0 Å². The predicted molar refractivity (Wildman–Crippen MR) is 129 cm³/mol. The van der Waals surface area contributed by atoms with E-state index in [1.54, 1.807) is 13.8 Å². The van der Waals surface area contributed by atoms with Crippen molar-refractivity contribution in [1.82, 2.24) is 16.0 Å². The van der Waals surface area contributed by atoms with Crippen LogP contribution in [0.5, 0.6) is 0 Å². The third-order valence-electron chi connectivity index (χ3n) is 5.06. The first-order valence-corrected chi connectivity index (χ1v) is 12.6. The Morgan fingerprint density at radius 2 is 1.47 bits per heavy atom. The Hall–Kier alpha value is -2.38. The molecule has 3 amide bonds. The van der Waals surface area contributed by atoms with E-state index >= 15 is 0 Å². The van der Waals surface area contributed by atoms with Crippen LogP contribution < -0.4 is 27.4 Å². The maximum absolute atomic E-state index is 13.0. The molecule has 0 aliphatic heterocycles. The Balaban J connectivity index is 5.31. The second kappa shape index (κ2) is 17.1. The van der Waals surface area contributed by atoms with Crippen molar-refractivity contribution in [2.24, 2.45) is 17.4 Å². The minimum absolute atomic E-state index is 0.210. The maximum Gasteiger partial charge on any atom is 0.326 e. The average molecular weight is 506 g/mol. The van der Waals surface area contributed by atoms with Crippen LogP contribution in [0.2, 0.25) is 0 Å². The lowest BCUT2D eigenvalue weighted by Gasteiger charge is -2.27. The van der Waals surface area contributed by atoms with Crippen molar-refractivity contribution in [2.75, 3.05) is 18.6 Å². The van der Waals surface area contributed by atoms with Crippen LogP contribution in [-0.2, 0) is 24.0 Å². The van der Waals surface area contributed by atoms with E-state index < -0.39 is 60.2 Å². The Morgan fingerprint density at radius 1 is 0.853 bits per heavy atom. The molecule has 0 aromatic heterocycles. The number of amides is 3. The van der Waals surface area contributed by atoms with E-state index in [-0.39, 0.29) is 18.8 Å². The summed E-state index contributed by atoms with van der Waals surface area (Å²) in [5.41, 5.74) is 11.4. The summed E-state index contributed by atoms with van der Waals surface area (Å²) in [5.74, 6) is -4.22. The zero-order valence-electron chi connectivity index (χ0n) is 20.0. The SMILES string of the molecule is CSCC[C@H](NC(=O)[C@@H](NC(=O)[C@@H](N)CCCCN)C(C)C)C(=O)N[C@@H](CCC(=O)O)C(=O)O. The number of nitrogens with two attached hydrogens (primary N) is 2. The number of carboxylic acids is 2. The highest BCUT2D eigenvalue weighted by Gasteiger charge is 2.31. The van der Waals surface area contributed by atoms with Gasteiger partial charge in [-0.2, -0.15) is 11.8 Å². The zero-order chi connectivity index (χ0) is 26.3. The van der Waals surface area contributed by atoms with Gasteiger partial charge in [0.05, 0.1) is 6.04 Å². The monoisotopic (exact) mass is 505 g/mol. The fraction of sp³-hybridized carbons (Fsp3) is 0.762. The van der Waals surface area contributed by atoms with Crippen molar-refractivity contribution in [2.45, 2.75) is 76.5 Å². The van der Waals surface area contributed by atoms with Crippen LogP contribution in [0.4, 0.5) is 0 Å². The number of carboxylic acid groups (broad SMARTS) is 2. The Labute approximate surface area is 204 Å². The zero-order valence-corrected chi connectivity index (χ0v) is 20.9. The van der Waals surface area contributed by atoms with Gasteiger partial charge in [-0.15, -0.1) is 0 Å². The summed E-state index contributed by atoms with van der Waals surface area (Å²) in [4.78, 5) is 60.3. The van der Waals surface area contributed by atoms with Crippen molar-refractivity contribution in [3.8, 4) is 0 Å². The van der Waals surface area contributed by atoms with Gasteiger partial charge in [0.1, 0.15) is 18.1 Å². The number of hydrogen-bond donors (Lipinski definition) is 7. The maximum atomic E-state index is 13.0. The highest BCUT2D eigenvalue weighted by molar-refractivity contribution is 7.98. The van der Waals surface area contributed by atoms with Gasteiger partial charge in [-0.3, -0.25) is 19.2 Å². The number of aliphatic carboxylic acids is 2. The second-order valence-corrected chi connectivity index (χ2v) is 9.28. The van der Waals surface area contributed by atoms with E-state index in [1.165, 1.54) is 11.8 Å². The van der Waals surface area contributed by atoms with Gasteiger partial charge in [-0.1, -0.05) is 20.3 Å². The molecule has 34 heavy (non-hydrogen) atoms. The molecule has 4 atom stereocenters. The molecule has 0 radical (unpaired) electrons. The normalized spacial score (nSPS) is 14.5. The topological polar surface area (TPSA) is 214 Å². The van der Waals surface area contributed by atoms with Crippen LogP contribution >= 0.6 is 11.8 Å². The summed E-state index contributed by atoms with van der Waals surface area (Å²) in [6, 6.07) is -4.24. The number of carbonyl (C=O) groups is 5. The first-order valence-electron chi connectivity index (χ1n) is 11.2. The van der Waals surface area contributed by atoms with Gasteiger partial charge in [-0.05, 0) is 50.2 Å². The molecular formula is C21H39N5O7S. The van der Waals surface area contributed by atoms with Gasteiger partial charge in [-0.25, -0.2) is 4.79 Å². The van der Waals surface area contributed by atoms with Gasteiger partial charge in [0, 0.05) is 6.42 Å². The molecule has 0 unspecified atom stereocenters. The van der Waals surface area contributed by atoms with Gasteiger partial charge in [0.2, 0.25) is 17.7 Å². The smallest absolute Gasteiger partial charge is 0.326 e. The molecule has 9 N–H and O–H groups in total. The fourth-order valence-electron chi connectivity index (χ4n) is 3.00. The van der Waals surface area contributed by atoms with E-state index in [4.69, 9.17) is 16.6 Å². The van der Waals surface area contributed by atoms with Gasteiger partial charge < -0.3 is 37.6 Å². The highest BCUT2D eigenvalue weighted by Crippen LogP contribution is 2.08. The van der Waals surface area contributed by atoms with Crippen LogP contribution in [0.1, 0.15) is 52.4 Å². The number of nitrogens with one attached hydrogen (secondary N) is 3. The number of hydrogen-bond acceptors (Lipinski definition) is 8. The van der Waals surface area contributed by atoms with Crippen LogP contribution in [0.15, 0.2) is 0 Å². The number of thioether (sulfide) groups is 1. The summed E-state index contributed by atoms with van der Waals surface area (Å²) in [5, 5.41) is 25.6. The largest absolute Gasteiger partial charge is 0.481 e. The molecule has 12 nitrogen and oxygen atoms in total. The Bertz CT molecular complexity index is 692. The molecule has 0 aliphatic rings. The number of rotatable bonds is 18. The lowest BCUT2D eigenvalue weighted by molar-refractivity contribution is -0.143. The number of unbranched alkanes of at least 4 members (excludes halogenated alkanes) is 1. The molecule has 0 aromatic carbocycles. The van der Waals surface area contributed by atoms with E-state index in [0.29, 0.717) is 25.1 Å². The van der Waals surface area contributed by atoms with E-state index in [2.05, 4.69) is 16.0 Å². The van der Waals surface area contributed by atoms with Gasteiger partial charge in [0.25, 0.3) is 0 Å². The van der Waals surface area contributed by atoms with Crippen LogP contribution in [-0.4, -0.2) is 82.6 Å². The molecule has 0 saturated carbocycles. The van der Waals surface area contributed by atoms with Gasteiger partial charge >= 0.3 is 11.9 Å². The Morgan fingerprint density at radius 3 is 1.97 bits per heavy atom. The summed E-state index contributed by atoms with van der Waals surface area (Å²) in [7, 11) is 0. The summed E-state index contributed by atoms with van der Waals surface area (Å²) in [6.45, 7) is 3.95. The van der Waals surface area contributed by atoms with Crippen LogP contribution in [0.3, 0.4) is 0 Å². The first kappa shape index (κ1) is 31.6. The van der Waals surface area contributed by atoms with Crippen LogP contribution in [0, 0.1) is 5.92 Å². The van der Waals surface area contributed by atoms with Crippen LogP contribution in [0.25, 0.3) is 0 Å². The van der Waals surface area contributed by atoms with Crippen molar-refractivity contribution in [3.63, 3.8) is 0 Å². The minimum Gasteiger partial charge on any atom is -0.481 e. The first-order chi connectivity index (χ1) is 15.9. The van der Waals surface area contributed by atoms with Crippen molar-refractivity contribution < 1.29 is 34.2 Å². The molecule has 0 fully saturated rings. The number of carbonyl (C=O) groups excluding carboxylic acids is 3. The molecular weight excluding hydrogens is 466 g/mol. The van der Waals surface area contributed by atoms with E-state index in [0.717, 1.165) is 6.42 Å². The highest BCUT2D eigenvalue weighted by atomic mass is 32.2. The molecule has 0 bridgehead atoms. The molecule has 0 heterocycles. The fourth-order valence-corrected chi connectivity index (χ4v) is 3.47. The Kier molecular flexibility index (Phi) is 15.9. The molecule has 0 aromatic rings. The molecule has 0 aliphatic carbocycles. The predicted octanol–water partition coefficient (Wildman–Crippen LogP) is -0.744. The van der Waals surface area contributed by atoms with E-state index in [9.17, 15) is 29.1 Å². The summed E-state index contributed by atoms with van der Waals surface area (Å²) in [6.07, 6.45) is 3.10. The molecule has 0 spiro atoms. The van der Waals surface area contributed by atoms with Gasteiger partial charge in [0.15, 0.2) is 0 Å². The lowest BCUT2D eigenvalue weighted by atomic mass is 10.0. The second-order valence-electron chi connectivity index (χ2n) is 8.30. The average Bonchev–Trinajstić information content (AvgIpc) is 2.76. The quantitative estimate of drug-likeness (QED) is 0.116. The standard InChI is InChI=1S/C21H39N5O7S/c1-12(2)17(26-18(29)13(23)6-4-5-10-22)20(31)24-14(9-11-34-3)19(30)25-15(21(32)33)7-8-16(27)28/h12-15,17H,4-11,22-23H2,1-3H3,(H,24,31)(H,25,30)(H,26,29)(H,27,28)(H,32,33)/t13-,14-,15-,17-/m0/s1. The molecule has 0 saturated heterocycles. The van der Waals surface area contributed by atoms with Crippen molar-refractivity contribution >= 4 is 41.4 Å². The third kappa shape index (κ3) is 12.8. The van der Waals surface area contributed by atoms with Crippen molar-refractivity contribution in [3.05, 3.63) is 0 Å². The molecule has 13 heteroatoms.